The summed E-state index contributed by atoms with van der Waals surface area (Å²) in [5.74, 6) is -1.17. The first-order valence-electron chi connectivity index (χ1n) is 2.52. The van der Waals surface area contributed by atoms with Gasteiger partial charge in [-0.3, -0.25) is 0 Å². The number of hydrogen-bond acceptors (Lipinski definition) is 0. The van der Waals surface area contributed by atoms with Crippen molar-refractivity contribution in [1.82, 2.24) is 0 Å². The molecule has 0 aliphatic rings. The second kappa shape index (κ2) is 3.66. The zero-order valence-corrected chi connectivity index (χ0v) is 10.3. The van der Waals surface area contributed by atoms with Crippen molar-refractivity contribution in [2.45, 2.75) is 0 Å². The van der Waals surface area contributed by atoms with Gasteiger partial charge in [0.05, 0.1) is 12.5 Å². The van der Waals surface area contributed by atoms with Crippen LogP contribution < -0.4 is 0 Å². The first-order chi connectivity index (χ1) is 5.04. The molecule has 0 amide bonds. The van der Waals surface area contributed by atoms with Crippen molar-refractivity contribution in [3.8, 4) is 0 Å². The minimum absolute atomic E-state index is 0.128. The Bertz CT molecular complexity index is 275. The molecule has 0 saturated carbocycles. The monoisotopic (exact) mass is 396 g/mol. The highest BCUT2D eigenvalue weighted by Crippen LogP contribution is 2.29. The van der Waals surface area contributed by atoms with E-state index in [0.717, 1.165) is 0 Å². The fourth-order valence-corrected chi connectivity index (χ4v) is 3.04. The zero-order chi connectivity index (χ0) is 8.59. The first-order valence-corrected chi connectivity index (χ1v) is 5.19. The summed E-state index contributed by atoms with van der Waals surface area (Å²) in [6, 6.07) is 1.38. The number of halogens is 5. The molecule has 0 nitrogen and oxygen atoms in total. The van der Waals surface area contributed by atoms with Crippen molar-refractivity contribution >= 4 is 54.5 Å². The lowest BCUT2D eigenvalue weighted by molar-refractivity contribution is 0.562. The Labute approximate surface area is 92.8 Å². The second-order valence-electron chi connectivity index (χ2n) is 1.78. The van der Waals surface area contributed by atoms with E-state index in [2.05, 4.69) is 31.9 Å². The fraction of sp³-hybridized carbons (Fsp3) is 0. The fourth-order valence-electron chi connectivity index (χ4n) is 0.544. The van der Waals surface area contributed by atoms with Crippen LogP contribution in [0.3, 0.4) is 0 Å². The van der Waals surface area contributed by atoms with Crippen molar-refractivity contribution in [2.75, 3.05) is 0 Å². The largest absolute Gasteiger partial charge is 0.204 e. The van der Waals surface area contributed by atoms with Crippen LogP contribution in [0.4, 0.5) is 8.78 Å². The van der Waals surface area contributed by atoms with Gasteiger partial charge in [0.25, 0.3) is 0 Å². The summed E-state index contributed by atoms with van der Waals surface area (Å²) in [4.78, 5) is 0. The molecule has 5 heteroatoms. The molecule has 0 unspecified atom stereocenters. The maximum absolute atomic E-state index is 12.9. The molecule has 1 aromatic rings. The van der Waals surface area contributed by atoms with E-state index < -0.39 is 11.6 Å². The number of benzene rings is 1. The molecule has 0 heterocycles. The van der Waals surface area contributed by atoms with Gasteiger partial charge in [-0.05, 0) is 60.5 Å². The Morgan fingerprint density at radius 2 is 1.73 bits per heavy atom. The van der Waals surface area contributed by atoms with Crippen LogP contribution in [0.5, 0.6) is 0 Å². The molecule has 0 spiro atoms. The van der Waals surface area contributed by atoms with Gasteiger partial charge >= 0.3 is 0 Å². The number of hydrogen-bond donors (Lipinski definition) is 0. The molecular formula is C6HBr2F2I. The van der Waals surface area contributed by atoms with Gasteiger partial charge < -0.3 is 0 Å². The molecule has 0 fully saturated rings. The van der Waals surface area contributed by atoms with Gasteiger partial charge in [0, 0.05) is 0 Å². The SMILES string of the molecule is Fc1c(Br)cc(I)c(F)c1Br. The molecule has 0 bridgehead atoms. The van der Waals surface area contributed by atoms with E-state index in [1.807, 2.05) is 0 Å². The highest BCUT2D eigenvalue weighted by atomic mass is 127. The minimum atomic E-state index is -0.608. The Hall–Kier alpha value is 0.770. The highest BCUT2D eigenvalue weighted by molar-refractivity contribution is 14.1. The summed E-state index contributed by atoms with van der Waals surface area (Å²) in [7, 11) is 0. The summed E-state index contributed by atoms with van der Waals surface area (Å²) in [6.45, 7) is 0. The van der Waals surface area contributed by atoms with E-state index in [1.54, 1.807) is 22.6 Å². The normalized spacial score (nSPS) is 10.3. The van der Waals surface area contributed by atoms with Crippen molar-refractivity contribution in [3.63, 3.8) is 0 Å². The van der Waals surface area contributed by atoms with Gasteiger partial charge in [0.1, 0.15) is 0 Å². The summed E-state index contributed by atoms with van der Waals surface area (Å²) in [5, 5.41) is 0. The molecule has 1 aromatic carbocycles. The quantitative estimate of drug-likeness (QED) is 0.351. The average Bonchev–Trinajstić information content (AvgIpc) is 1.97. The van der Waals surface area contributed by atoms with E-state index >= 15 is 0 Å². The molecule has 11 heavy (non-hydrogen) atoms. The smallest absolute Gasteiger partial charge is 0.154 e. The van der Waals surface area contributed by atoms with E-state index in [0.29, 0.717) is 3.57 Å². The second-order valence-corrected chi connectivity index (χ2v) is 4.59. The van der Waals surface area contributed by atoms with Gasteiger partial charge in [0.2, 0.25) is 0 Å². The molecule has 0 saturated heterocycles. The van der Waals surface area contributed by atoms with Crippen LogP contribution in [0.25, 0.3) is 0 Å². The summed E-state index contributed by atoms with van der Waals surface area (Å²) in [6.07, 6.45) is 0. The molecular weight excluding hydrogens is 397 g/mol. The molecule has 0 aromatic heterocycles. The standard InChI is InChI=1S/C6HBr2F2I/c7-2-1-3(11)6(10)4(8)5(2)9/h1H. The predicted octanol–water partition coefficient (Wildman–Crippen LogP) is 4.09. The molecule has 60 valence electrons. The van der Waals surface area contributed by atoms with Gasteiger partial charge in [-0.25, -0.2) is 8.78 Å². The van der Waals surface area contributed by atoms with Gasteiger partial charge in [-0.15, -0.1) is 0 Å². The zero-order valence-electron chi connectivity index (χ0n) is 4.97. The van der Waals surface area contributed by atoms with E-state index in [-0.39, 0.29) is 8.95 Å². The summed E-state index contributed by atoms with van der Waals surface area (Å²) >= 11 is 7.54. The number of rotatable bonds is 0. The van der Waals surface area contributed by atoms with Crippen molar-refractivity contribution in [1.29, 1.82) is 0 Å². The third-order valence-corrected chi connectivity index (χ3v) is 3.12. The maximum Gasteiger partial charge on any atom is 0.154 e. The van der Waals surface area contributed by atoms with Crippen LogP contribution in [0.2, 0.25) is 0 Å². The Morgan fingerprint density at radius 1 is 1.18 bits per heavy atom. The van der Waals surface area contributed by atoms with Crippen molar-refractivity contribution < 1.29 is 8.78 Å². The molecule has 1 rings (SSSR count). The first kappa shape index (κ1) is 9.85. The van der Waals surface area contributed by atoms with Gasteiger partial charge in [-0.1, -0.05) is 0 Å². The predicted molar refractivity (Wildman–Crippen MR) is 54.5 cm³/mol. The Morgan fingerprint density at radius 3 is 2.27 bits per heavy atom. The average molecular weight is 398 g/mol. The minimum Gasteiger partial charge on any atom is -0.204 e. The van der Waals surface area contributed by atoms with Crippen molar-refractivity contribution in [3.05, 3.63) is 30.2 Å². The molecule has 0 aliphatic carbocycles. The van der Waals surface area contributed by atoms with Crippen LogP contribution in [0, 0.1) is 15.2 Å². The van der Waals surface area contributed by atoms with E-state index in [9.17, 15) is 8.78 Å². The van der Waals surface area contributed by atoms with Gasteiger partial charge in [-0.2, -0.15) is 0 Å². The van der Waals surface area contributed by atoms with Gasteiger partial charge in [0.15, 0.2) is 11.6 Å². The van der Waals surface area contributed by atoms with Crippen molar-refractivity contribution in [2.24, 2.45) is 0 Å². The molecule has 0 radical (unpaired) electrons. The lowest BCUT2D eigenvalue weighted by atomic mass is 10.3. The van der Waals surface area contributed by atoms with Crippen LogP contribution in [-0.4, -0.2) is 0 Å². The molecule has 0 aliphatic heterocycles. The lowest BCUT2D eigenvalue weighted by Gasteiger charge is -2.00. The maximum atomic E-state index is 12.9. The topological polar surface area (TPSA) is 0 Å². The third kappa shape index (κ3) is 1.92. The molecule has 0 atom stereocenters. The van der Waals surface area contributed by atoms with E-state index in [4.69, 9.17) is 0 Å². The Kier molecular flexibility index (Phi) is 3.27. The van der Waals surface area contributed by atoms with Crippen LogP contribution in [0.15, 0.2) is 15.0 Å². The highest BCUT2D eigenvalue weighted by Gasteiger charge is 2.12. The summed E-state index contributed by atoms with van der Waals surface area (Å²) < 4.78 is 26.2. The van der Waals surface area contributed by atoms with Crippen LogP contribution >= 0.6 is 54.5 Å². The summed E-state index contributed by atoms with van der Waals surface area (Å²) in [5.41, 5.74) is 0. The van der Waals surface area contributed by atoms with Crippen LogP contribution in [-0.2, 0) is 0 Å². The van der Waals surface area contributed by atoms with Crippen LogP contribution in [0.1, 0.15) is 0 Å². The van der Waals surface area contributed by atoms with E-state index in [1.165, 1.54) is 6.07 Å². The molecule has 0 N–H and O–H groups in total. The lowest BCUT2D eigenvalue weighted by Crippen LogP contribution is -1.89. The Balaban J connectivity index is 3.46. The third-order valence-electron chi connectivity index (χ3n) is 1.06.